The van der Waals surface area contributed by atoms with Crippen LogP contribution in [0, 0.1) is 0 Å². The molecule has 1 aliphatic heterocycles. The first-order chi connectivity index (χ1) is 26.3. The van der Waals surface area contributed by atoms with Crippen molar-refractivity contribution in [2.75, 3.05) is 13.1 Å². The zero-order chi connectivity index (χ0) is 40.6. The van der Waals surface area contributed by atoms with E-state index in [1.807, 2.05) is 0 Å². The Kier molecular flexibility index (Phi) is 22.4. The largest absolute Gasteiger partial charge is 0.740 e. The Morgan fingerprint density at radius 3 is 1.76 bits per heavy atom. The van der Waals surface area contributed by atoms with Gasteiger partial charge in [0.05, 0.1) is 0 Å². The van der Waals surface area contributed by atoms with Gasteiger partial charge in [-0.25, -0.2) is 9.00 Å². The number of aliphatic carboxylic acids is 1. The summed E-state index contributed by atoms with van der Waals surface area (Å²) >= 11 is -3.15. The van der Waals surface area contributed by atoms with E-state index < -0.39 is 77.6 Å². The van der Waals surface area contributed by atoms with Gasteiger partial charge in [-0.05, 0) is 36.6 Å². The molecule has 2 unspecified atom stereocenters. The number of hydrogen-bond acceptors (Lipinski definition) is 14. The topological polar surface area (TPSA) is 262 Å². The summed E-state index contributed by atoms with van der Waals surface area (Å²) in [7, 11) is 0. The van der Waals surface area contributed by atoms with Crippen LogP contribution < -0.4 is 14.2 Å². The number of hydrogen-bond donors (Lipinski definition) is 2. The van der Waals surface area contributed by atoms with Crippen LogP contribution in [0.4, 0.5) is 0 Å². The Morgan fingerprint density at radius 1 is 0.782 bits per heavy atom. The van der Waals surface area contributed by atoms with Crippen molar-refractivity contribution in [3.63, 3.8) is 0 Å². The van der Waals surface area contributed by atoms with Crippen molar-refractivity contribution in [2.24, 2.45) is 5.11 Å². The number of unbranched alkanes of at least 4 members (excludes halogenated alkanes) is 14. The molecule has 1 aromatic carbocycles. The fourth-order valence-electron chi connectivity index (χ4n) is 6.03. The number of nitrogens with one attached hydrogen (secondary N) is 1. The maximum absolute atomic E-state index is 12.9. The smallest absolute Gasteiger partial charge is 0.337 e. The fourth-order valence-corrected chi connectivity index (χ4v) is 6.31. The van der Waals surface area contributed by atoms with Crippen molar-refractivity contribution in [2.45, 2.75) is 148 Å². The normalized spacial score (nSPS) is 19.6. The molecule has 18 nitrogen and oxygen atoms in total. The Bertz CT molecular complexity index is 1470. The van der Waals surface area contributed by atoms with Crippen molar-refractivity contribution >= 4 is 41.1 Å². The summed E-state index contributed by atoms with van der Waals surface area (Å²) in [5.74, 6) is -5.85. The van der Waals surface area contributed by atoms with Gasteiger partial charge in [-0.3, -0.25) is 19.2 Å². The number of carboxylic acid groups (broad SMARTS) is 1. The monoisotopic (exact) mass is 797 g/mol. The molecule has 0 radical (unpaired) electrons. The molecule has 55 heavy (non-hydrogen) atoms. The second-order valence-corrected chi connectivity index (χ2v) is 13.6. The highest BCUT2D eigenvalue weighted by molar-refractivity contribution is 7.74. The molecule has 6 atom stereocenters. The van der Waals surface area contributed by atoms with E-state index in [0.29, 0.717) is 13.1 Å². The zero-order valence-electron chi connectivity index (χ0n) is 31.6. The lowest BCUT2D eigenvalue weighted by atomic mass is 9.97. The molecule has 2 N–H and O–H groups in total. The van der Waals surface area contributed by atoms with Crippen LogP contribution in [0.25, 0.3) is 10.4 Å². The number of ether oxygens (including phenoxy) is 5. The van der Waals surface area contributed by atoms with Crippen LogP contribution in [-0.2, 0) is 49.5 Å². The second kappa shape index (κ2) is 26.4. The first-order valence-electron chi connectivity index (χ1n) is 18.6. The highest BCUT2D eigenvalue weighted by atomic mass is 32.2. The minimum Gasteiger partial charge on any atom is -0.740 e. The van der Waals surface area contributed by atoms with Gasteiger partial charge in [-0.1, -0.05) is 88.6 Å². The lowest BCUT2D eigenvalue weighted by Gasteiger charge is -2.42. The van der Waals surface area contributed by atoms with Crippen LogP contribution in [0.1, 0.15) is 127 Å². The predicted molar refractivity (Wildman–Crippen MR) is 195 cm³/mol. The molecule has 19 heteroatoms. The maximum Gasteiger partial charge on any atom is 0.337 e. The Balaban J connectivity index is 1.89. The summed E-state index contributed by atoms with van der Waals surface area (Å²) in [6, 6.07) is 3.55. The van der Waals surface area contributed by atoms with Crippen LogP contribution >= 0.6 is 0 Å². The maximum atomic E-state index is 12.9. The van der Waals surface area contributed by atoms with Gasteiger partial charge in [-0.15, -0.1) is 0 Å². The van der Waals surface area contributed by atoms with Crippen molar-refractivity contribution in [1.82, 2.24) is 5.32 Å². The van der Waals surface area contributed by atoms with E-state index in [-0.39, 0.29) is 11.3 Å². The second-order valence-electron chi connectivity index (χ2n) is 13.1. The van der Waals surface area contributed by atoms with Gasteiger partial charge >= 0.3 is 23.9 Å². The summed E-state index contributed by atoms with van der Waals surface area (Å²) in [5.41, 5.74) is 8.29. The number of benzene rings is 1. The van der Waals surface area contributed by atoms with Gasteiger partial charge in [0.15, 0.2) is 29.8 Å². The zero-order valence-corrected chi connectivity index (χ0v) is 32.5. The first kappa shape index (κ1) is 46.7. The minimum atomic E-state index is -3.15. The molecule has 0 saturated carbocycles. The molecule has 1 heterocycles. The summed E-state index contributed by atoms with van der Waals surface area (Å²) in [4.78, 5) is 63.6. The Labute approximate surface area is 323 Å². The van der Waals surface area contributed by atoms with Gasteiger partial charge in [0.1, 0.15) is 11.4 Å². The fraction of sp³-hybridized carbons (Fsp3) is 0.694. The van der Waals surface area contributed by atoms with Crippen molar-refractivity contribution in [3.8, 4) is 11.5 Å². The van der Waals surface area contributed by atoms with Crippen LogP contribution in [0.5, 0.6) is 11.5 Å². The molecule has 1 amide bonds. The van der Waals surface area contributed by atoms with Crippen LogP contribution in [0.2, 0.25) is 0 Å². The standard InChI is InChI=1S/C36H54N4O14S/c1-24(41)49-30-31(50-25(2)42)33(51-26(3)43)36(53-32(30)35(45)46)52-28-20-19-27(23-29(28)54-55(47)48)34(44)38-21-17-15-13-11-9-7-5-4-6-8-10-12-14-16-18-22-39-40-37/h19-20,23,30-33,36H,4-18,21-22H2,1-3H3,(H,38,44)(H,45,46)(H,47,48)/p-1/t30-,31+,32+,33+,36?/m1/s1. The third kappa shape index (κ3) is 18.6. The lowest BCUT2D eigenvalue weighted by Crippen LogP contribution is -2.64. The number of rotatable bonds is 27. The number of esters is 3. The average Bonchev–Trinajstić information content (AvgIpc) is 3.11. The molecular formula is C36H53N4O14S-. The highest BCUT2D eigenvalue weighted by Gasteiger charge is 2.55. The molecule has 0 aromatic heterocycles. The molecule has 1 fully saturated rings. The molecule has 2 rings (SSSR count). The quantitative estimate of drug-likeness (QED) is 0.0205. The summed E-state index contributed by atoms with van der Waals surface area (Å²) in [6.45, 7) is 3.94. The molecule has 1 aromatic rings. The number of nitrogens with zero attached hydrogens (tertiary/aromatic N) is 3. The van der Waals surface area contributed by atoms with Crippen molar-refractivity contribution in [1.29, 1.82) is 0 Å². The van der Waals surface area contributed by atoms with E-state index in [1.54, 1.807) is 0 Å². The number of azide groups is 1. The number of carbonyl (C=O) groups is 5. The van der Waals surface area contributed by atoms with Crippen molar-refractivity contribution in [3.05, 3.63) is 34.2 Å². The van der Waals surface area contributed by atoms with E-state index in [0.717, 1.165) is 71.8 Å². The third-order valence-electron chi connectivity index (χ3n) is 8.54. The van der Waals surface area contributed by atoms with E-state index >= 15 is 0 Å². The molecule has 0 spiro atoms. The summed E-state index contributed by atoms with van der Waals surface area (Å²) < 4.78 is 54.8. The van der Waals surface area contributed by atoms with E-state index in [1.165, 1.54) is 63.5 Å². The van der Waals surface area contributed by atoms with Crippen LogP contribution in [0.15, 0.2) is 23.3 Å². The summed E-state index contributed by atoms with van der Waals surface area (Å²) in [5, 5.41) is 16.2. The van der Waals surface area contributed by atoms with Gasteiger partial charge < -0.3 is 42.8 Å². The lowest BCUT2D eigenvalue weighted by molar-refractivity contribution is -0.282. The van der Waals surface area contributed by atoms with Crippen LogP contribution in [-0.4, -0.2) is 87.4 Å². The van der Waals surface area contributed by atoms with Crippen molar-refractivity contribution < 1.29 is 65.7 Å². The SMILES string of the molecule is CC(=O)O[C@@H]1[C@H](OC(C)=O)[C@H](OC(C)=O)C(Oc2ccc(C(=O)NCCCCCCCCCCCCCCCCCN=[N+]=[N-])cc2OS(=O)[O-])O[C@@H]1C(=O)O. The first-order valence-corrected chi connectivity index (χ1v) is 19.6. The molecule has 0 bridgehead atoms. The van der Waals surface area contributed by atoms with Crippen LogP contribution in [0.3, 0.4) is 0 Å². The van der Waals surface area contributed by atoms with Gasteiger partial charge in [0.25, 0.3) is 5.91 Å². The van der Waals surface area contributed by atoms with Gasteiger partial charge in [-0.2, -0.15) is 0 Å². The predicted octanol–water partition coefficient (Wildman–Crippen LogP) is 5.73. The number of carboxylic acids is 1. The Hall–Kier alpha value is -4.45. The van der Waals surface area contributed by atoms with E-state index in [9.17, 15) is 37.8 Å². The molecule has 1 aliphatic rings. The highest BCUT2D eigenvalue weighted by Crippen LogP contribution is 2.35. The molecular weight excluding hydrogens is 744 g/mol. The number of carbonyl (C=O) groups excluding carboxylic acids is 4. The third-order valence-corrected chi connectivity index (χ3v) is 8.85. The van der Waals surface area contributed by atoms with Gasteiger partial charge in [0, 0.05) is 44.3 Å². The molecule has 0 aliphatic carbocycles. The summed E-state index contributed by atoms with van der Waals surface area (Å²) in [6.07, 6.45) is 7.87. The number of amides is 1. The molecule has 1 saturated heterocycles. The Morgan fingerprint density at radius 2 is 1.27 bits per heavy atom. The van der Waals surface area contributed by atoms with E-state index in [4.69, 9.17) is 33.4 Å². The minimum absolute atomic E-state index is 0.0206. The van der Waals surface area contributed by atoms with E-state index in [2.05, 4.69) is 15.3 Å². The van der Waals surface area contributed by atoms with Gasteiger partial charge in [0.2, 0.25) is 12.4 Å². The average molecular weight is 798 g/mol. The molecule has 308 valence electrons.